The minimum Gasteiger partial charge on any atom is -0.0922 e. The molecule has 0 N–H and O–H groups in total. The van der Waals surface area contributed by atoms with Gasteiger partial charge in [-0.2, -0.15) is 0 Å². The topological polar surface area (TPSA) is 0 Å². The van der Waals surface area contributed by atoms with Crippen LogP contribution in [0.15, 0.2) is 0 Å². The fourth-order valence-electron chi connectivity index (χ4n) is 2.14. The normalized spacial score (nSPS) is 12.0. The Morgan fingerprint density at radius 3 is 1.80 bits per heavy atom. The van der Waals surface area contributed by atoms with E-state index in [1.54, 1.807) is 0 Å². The summed E-state index contributed by atoms with van der Waals surface area (Å²) < 4.78 is 0. The van der Waals surface area contributed by atoms with Gasteiger partial charge in [0.2, 0.25) is 0 Å². The van der Waals surface area contributed by atoms with Gasteiger partial charge in [-0.15, -0.1) is 0 Å². The summed E-state index contributed by atoms with van der Waals surface area (Å²) in [5.74, 6) is 0. The van der Waals surface area contributed by atoms with Crippen LogP contribution in [-0.2, 0) is 0 Å². The highest BCUT2D eigenvalue weighted by atomic mass is 79.9. The van der Waals surface area contributed by atoms with Gasteiger partial charge in [0.05, 0.1) is 0 Å². The van der Waals surface area contributed by atoms with Gasteiger partial charge in [0, 0.05) is 5.33 Å². The number of halogens is 1. The van der Waals surface area contributed by atoms with Gasteiger partial charge in [-0.05, 0) is 24.7 Å². The van der Waals surface area contributed by atoms with Gasteiger partial charge in [-0.3, -0.25) is 0 Å². The zero-order valence-corrected chi connectivity index (χ0v) is 12.5. The van der Waals surface area contributed by atoms with Crippen LogP contribution in [-0.4, -0.2) is 5.33 Å². The standard InChI is InChI=1S/C14H29Br/c1-4-7-8-9-10-11-12-14(5-2,6-3)13-15/h4-13H2,1-3H3. The molecule has 0 bridgehead atoms. The zero-order chi connectivity index (χ0) is 11.6. The first kappa shape index (κ1) is 15.5. The third-order valence-corrected chi connectivity index (χ3v) is 5.03. The van der Waals surface area contributed by atoms with Crippen molar-refractivity contribution in [2.45, 2.75) is 78.6 Å². The molecule has 0 amide bonds. The van der Waals surface area contributed by atoms with Crippen LogP contribution in [0.3, 0.4) is 0 Å². The molecule has 0 saturated carbocycles. The van der Waals surface area contributed by atoms with E-state index in [0.29, 0.717) is 5.41 Å². The third kappa shape index (κ3) is 6.60. The van der Waals surface area contributed by atoms with Crippen molar-refractivity contribution in [2.24, 2.45) is 5.41 Å². The molecule has 0 nitrogen and oxygen atoms in total. The van der Waals surface area contributed by atoms with Crippen molar-refractivity contribution in [1.82, 2.24) is 0 Å². The fraction of sp³-hybridized carbons (Fsp3) is 1.00. The molecule has 0 unspecified atom stereocenters. The van der Waals surface area contributed by atoms with E-state index in [-0.39, 0.29) is 0 Å². The summed E-state index contributed by atoms with van der Waals surface area (Å²) in [7, 11) is 0. The molecule has 0 aliphatic heterocycles. The van der Waals surface area contributed by atoms with Crippen LogP contribution in [0.5, 0.6) is 0 Å². The summed E-state index contributed by atoms with van der Waals surface area (Å²) in [6.45, 7) is 6.95. The third-order valence-electron chi connectivity index (χ3n) is 3.84. The summed E-state index contributed by atoms with van der Waals surface area (Å²) in [5.41, 5.74) is 0.588. The van der Waals surface area contributed by atoms with Gasteiger partial charge >= 0.3 is 0 Å². The second-order valence-electron chi connectivity index (χ2n) is 4.86. The molecule has 0 atom stereocenters. The first-order chi connectivity index (χ1) is 7.24. The molecule has 0 rings (SSSR count). The molecular weight excluding hydrogens is 248 g/mol. The lowest BCUT2D eigenvalue weighted by atomic mass is 9.80. The van der Waals surface area contributed by atoms with Crippen LogP contribution >= 0.6 is 15.9 Å². The molecule has 0 fully saturated rings. The lowest BCUT2D eigenvalue weighted by molar-refractivity contribution is 0.271. The van der Waals surface area contributed by atoms with Crippen molar-refractivity contribution < 1.29 is 0 Å². The Kier molecular flexibility index (Phi) is 10.00. The molecule has 0 radical (unpaired) electrons. The molecule has 92 valence electrons. The largest absolute Gasteiger partial charge is 0.0922 e. The summed E-state index contributed by atoms with van der Waals surface area (Å²) in [5, 5.41) is 1.18. The van der Waals surface area contributed by atoms with E-state index in [4.69, 9.17) is 0 Å². The van der Waals surface area contributed by atoms with Crippen molar-refractivity contribution in [3.63, 3.8) is 0 Å². The lowest BCUT2D eigenvalue weighted by Gasteiger charge is -2.29. The summed E-state index contributed by atoms with van der Waals surface area (Å²) in [6, 6.07) is 0. The average molecular weight is 277 g/mol. The minimum atomic E-state index is 0.588. The highest BCUT2D eigenvalue weighted by Crippen LogP contribution is 2.34. The number of unbranched alkanes of at least 4 members (excludes halogenated alkanes) is 5. The van der Waals surface area contributed by atoms with Crippen molar-refractivity contribution in [2.75, 3.05) is 5.33 Å². The Hall–Kier alpha value is 0.480. The van der Waals surface area contributed by atoms with Crippen LogP contribution in [0.4, 0.5) is 0 Å². The van der Waals surface area contributed by atoms with Crippen molar-refractivity contribution in [1.29, 1.82) is 0 Å². The Morgan fingerprint density at radius 2 is 1.33 bits per heavy atom. The predicted molar refractivity (Wildman–Crippen MR) is 74.8 cm³/mol. The molecule has 0 aromatic rings. The quantitative estimate of drug-likeness (QED) is 0.342. The van der Waals surface area contributed by atoms with Crippen LogP contribution in [0.25, 0.3) is 0 Å². The molecule has 15 heavy (non-hydrogen) atoms. The second-order valence-corrected chi connectivity index (χ2v) is 5.42. The second kappa shape index (κ2) is 9.69. The number of hydrogen-bond acceptors (Lipinski definition) is 0. The lowest BCUT2D eigenvalue weighted by Crippen LogP contribution is -2.20. The van der Waals surface area contributed by atoms with E-state index in [1.807, 2.05) is 0 Å². The molecule has 0 aromatic heterocycles. The van der Waals surface area contributed by atoms with E-state index >= 15 is 0 Å². The van der Waals surface area contributed by atoms with Crippen LogP contribution in [0.1, 0.15) is 78.6 Å². The average Bonchev–Trinajstić information content (AvgIpc) is 2.29. The van der Waals surface area contributed by atoms with Gasteiger partial charge in [-0.25, -0.2) is 0 Å². The maximum Gasteiger partial charge on any atom is 0.00877 e. The maximum atomic E-state index is 3.69. The van der Waals surface area contributed by atoms with Crippen molar-refractivity contribution in [3.8, 4) is 0 Å². The van der Waals surface area contributed by atoms with E-state index in [1.165, 1.54) is 63.1 Å². The molecule has 0 spiro atoms. The first-order valence-corrected chi connectivity index (χ1v) is 7.92. The van der Waals surface area contributed by atoms with Crippen LogP contribution in [0, 0.1) is 5.41 Å². The highest BCUT2D eigenvalue weighted by molar-refractivity contribution is 9.09. The minimum absolute atomic E-state index is 0.588. The van der Waals surface area contributed by atoms with Gasteiger partial charge in [0.15, 0.2) is 0 Å². The Labute approximate surface area is 105 Å². The predicted octanol–water partition coefficient (Wildman–Crippen LogP) is 5.94. The van der Waals surface area contributed by atoms with Gasteiger partial charge < -0.3 is 0 Å². The summed E-state index contributed by atoms with van der Waals surface area (Å²) in [6.07, 6.45) is 12.6. The van der Waals surface area contributed by atoms with E-state index in [9.17, 15) is 0 Å². The maximum absolute atomic E-state index is 3.69. The molecule has 0 aliphatic carbocycles. The number of hydrogen-bond donors (Lipinski definition) is 0. The summed E-state index contributed by atoms with van der Waals surface area (Å²) >= 11 is 3.69. The van der Waals surface area contributed by atoms with Crippen molar-refractivity contribution >= 4 is 15.9 Å². The van der Waals surface area contributed by atoms with Gasteiger partial charge in [0.25, 0.3) is 0 Å². The molecule has 0 saturated heterocycles. The Bertz CT molecular complexity index is 119. The zero-order valence-electron chi connectivity index (χ0n) is 10.9. The van der Waals surface area contributed by atoms with Gasteiger partial charge in [-0.1, -0.05) is 75.2 Å². The highest BCUT2D eigenvalue weighted by Gasteiger charge is 2.23. The molecule has 1 heteroatoms. The monoisotopic (exact) mass is 276 g/mol. The Morgan fingerprint density at radius 1 is 0.800 bits per heavy atom. The van der Waals surface area contributed by atoms with Crippen LogP contribution in [0.2, 0.25) is 0 Å². The SMILES string of the molecule is CCCCCCCCC(CC)(CC)CBr. The van der Waals surface area contributed by atoms with Crippen molar-refractivity contribution in [3.05, 3.63) is 0 Å². The fourth-order valence-corrected chi connectivity index (χ4v) is 3.21. The molecule has 0 aromatic carbocycles. The van der Waals surface area contributed by atoms with Crippen LogP contribution < -0.4 is 0 Å². The Balaban J connectivity index is 3.54. The molecule has 0 heterocycles. The first-order valence-electron chi connectivity index (χ1n) is 6.80. The molecular formula is C14H29Br. The molecule has 0 aliphatic rings. The number of alkyl halides is 1. The van der Waals surface area contributed by atoms with E-state index < -0.39 is 0 Å². The van der Waals surface area contributed by atoms with E-state index in [2.05, 4.69) is 36.7 Å². The smallest absolute Gasteiger partial charge is 0.00877 e. The summed E-state index contributed by atoms with van der Waals surface area (Å²) in [4.78, 5) is 0. The van der Waals surface area contributed by atoms with Gasteiger partial charge in [0.1, 0.15) is 0 Å². The van der Waals surface area contributed by atoms with E-state index in [0.717, 1.165) is 0 Å². The number of rotatable bonds is 10.